The third-order valence-electron chi connectivity index (χ3n) is 5.18. The number of halogens is 3. The maximum atomic E-state index is 13.0. The Balaban J connectivity index is 1.44. The number of aryl methyl sites for hydroxylation is 1. The summed E-state index contributed by atoms with van der Waals surface area (Å²) in [6, 6.07) is -0.954. The third-order valence-corrected chi connectivity index (χ3v) is 8.08. The molecule has 0 aliphatic carbocycles. The Morgan fingerprint density at radius 3 is 2.74 bits per heavy atom. The predicted molar refractivity (Wildman–Crippen MR) is 116 cm³/mol. The minimum absolute atomic E-state index is 0.127. The van der Waals surface area contributed by atoms with Crippen molar-refractivity contribution < 1.29 is 28.3 Å². The van der Waals surface area contributed by atoms with Gasteiger partial charge < -0.3 is 10.4 Å². The molecule has 1 saturated heterocycles. The van der Waals surface area contributed by atoms with Gasteiger partial charge in [-0.05, 0) is 22.9 Å². The molecule has 2 aromatic heterocycles. The molecule has 2 amide bonds. The van der Waals surface area contributed by atoms with Gasteiger partial charge in [0.2, 0.25) is 11.1 Å². The number of alkyl halides is 2. The highest BCUT2D eigenvalue weighted by molar-refractivity contribution is 8.01. The predicted octanol–water partition coefficient (Wildman–Crippen LogP) is 0.837. The van der Waals surface area contributed by atoms with Crippen LogP contribution in [0.25, 0.3) is 0 Å². The number of carbonyl (C=O) groups is 3. The summed E-state index contributed by atoms with van der Waals surface area (Å²) in [5.41, 5.74) is -0.0316. The van der Waals surface area contributed by atoms with E-state index in [-0.39, 0.29) is 22.2 Å². The van der Waals surface area contributed by atoms with Crippen molar-refractivity contribution in [1.29, 1.82) is 0 Å². The van der Waals surface area contributed by atoms with Gasteiger partial charge in [0.1, 0.15) is 29.4 Å². The first-order valence-corrected chi connectivity index (χ1v) is 12.1. The minimum Gasteiger partial charge on any atom is -0.477 e. The van der Waals surface area contributed by atoms with Gasteiger partial charge in [0.15, 0.2) is 0 Å². The maximum absolute atomic E-state index is 13.0. The zero-order valence-electron chi connectivity index (χ0n) is 17.6. The normalized spacial score (nSPS) is 19.9. The second-order valence-corrected chi connectivity index (χ2v) is 9.75. The van der Waals surface area contributed by atoms with E-state index in [9.17, 15) is 28.3 Å². The van der Waals surface area contributed by atoms with E-state index in [0.29, 0.717) is 16.5 Å². The number of tetrazole rings is 1. The Kier molecular flexibility index (Phi) is 6.82. The summed E-state index contributed by atoms with van der Waals surface area (Å²) in [5, 5.41) is 26.7. The third kappa shape index (κ3) is 4.36. The zero-order chi connectivity index (χ0) is 24.7. The lowest BCUT2D eigenvalue weighted by atomic mass is 10.0. The van der Waals surface area contributed by atoms with Gasteiger partial charge in [-0.15, -0.1) is 16.9 Å². The number of carboxylic acids is 1. The molecular formula is C17H17ClF2N8O4S2. The summed E-state index contributed by atoms with van der Waals surface area (Å²) < 4.78 is 28.4. The molecule has 17 heteroatoms. The number of carbonyl (C=O) groups excluding carboxylic acids is 2. The minimum atomic E-state index is -2.89. The molecule has 0 saturated carbocycles. The van der Waals surface area contributed by atoms with Crippen LogP contribution in [0.2, 0.25) is 5.02 Å². The van der Waals surface area contributed by atoms with Gasteiger partial charge >= 0.3 is 5.97 Å². The van der Waals surface area contributed by atoms with Crippen LogP contribution in [-0.4, -0.2) is 80.7 Å². The van der Waals surface area contributed by atoms with E-state index in [0.717, 1.165) is 9.58 Å². The first kappa shape index (κ1) is 24.4. The number of aromatic nitrogens is 6. The van der Waals surface area contributed by atoms with Crippen molar-refractivity contribution >= 4 is 52.9 Å². The van der Waals surface area contributed by atoms with E-state index >= 15 is 0 Å². The molecule has 0 spiro atoms. The molecule has 0 aromatic carbocycles. The number of fused-ring (bicyclic) bond motifs is 1. The number of aliphatic carboxylic acids is 1. The lowest BCUT2D eigenvalue weighted by Gasteiger charge is -2.49. The van der Waals surface area contributed by atoms with E-state index in [1.54, 1.807) is 7.05 Å². The molecule has 0 unspecified atom stereocenters. The van der Waals surface area contributed by atoms with Crippen molar-refractivity contribution in [3.63, 3.8) is 0 Å². The van der Waals surface area contributed by atoms with E-state index in [1.165, 1.54) is 35.1 Å². The number of thioether (sulfide) groups is 2. The molecule has 2 aromatic rings. The van der Waals surface area contributed by atoms with Crippen LogP contribution in [0.4, 0.5) is 8.78 Å². The van der Waals surface area contributed by atoms with E-state index in [2.05, 4.69) is 25.9 Å². The number of nitrogens with zero attached hydrogens (tertiary/aromatic N) is 7. The number of hydrogen-bond donors (Lipinski definition) is 2. The molecule has 0 bridgehead atoms. The maximum Gasteiger partial charge on any atom is 0.352 e. The van der Waals surface area contributed by atoms with Gasteiger partial charge in [0.05, 0.1) is 10.7 Å². The summed E-state index contributed by atoms with van der Waals surface area (Å²) in [6.45, 7) is 1.02. The van der Waals surface area contributed by atoms with Gasteiger partial charge in [-0.25, -0.2) is 18.3 Å². The summed E-state index contributed by atoms with van der Waals surface area (Å²) in [6.07, 6.45) is -2.89. The van der Waals surface area contributed by atoms with E-state index in [1.807, 2.05) is 0 Å². The molecule has 4 heterocycles. The summed E-state index contributed by atoms with van der Waals surface area (Å²) in [4.78, 5) is 38.3. The highest BCUT2D eigenvalue weighted by Gasteiger charge is 2.54. The quantitative estimate of drug-likeness (QED) is 0.368. The molecule has 2 aliphatic heterocycles. The summed E-state index contributed by atoms with van der Waals surface area (Å²) in [5.74, 6) is -1.88. The van der Waals surface area contributed by atoms with Gasteiger partial charge in [0, 0.05) is 18.6 Å². The molecular weight excluding hydrogens is 518 g/mol. The van der Waals surface area contributed by atoms with E-state index < -0.39 is 47.9 Å². The van der Waals surface area contributed by atoms with Crippen molar-refractivity contribution in [2.24, 2.45) is 7.05 Å². The second kappa shape index (κ2) is 9.50. The standard InChI is InChI=1S/C17H17ClF2N8O4S2/c1-6-9(18)10(13(19)20)23-27(6)3-8(29)21-11-14(30)28-12(16(31)32)7(4-33-15(11)28)5-34-17-22-24-25-26(17)2/h11,13,15H,3-5H2,1-2H3,(H,21,29)(H,31,32)/t11-,15+/m1/s1. The molecule has 34 heavy (non-hydrogen) atoms. The Bertz CT molecular complexity index is 1200. The van der Waals surface area contributed by atoms with Crippen molar-refractivity contribution in [2.45, 2.75) is 36.5 Å². The molecule has 2 aliphatic rings. The van der Waals surface area contributed by atoms with Gasteiger partial charge in [-0.1, -0.05) is 23.4 Å². The van der Waals surface area contributed by atoms with Crippen LogP contribution in [0.5, 0.6) is 0 Å². The van der Waals surface area contributed by atoms with Crippen LogP contribution in [0.3, 0.4) is 0 Å². The number of carboxylic acid groups (broad SMARTS) is 1. The fourth-order valence-electron chi connectivity index (χ4n) is 3.49. The fourth-order valence-corrected chi connectivity index (χ4v) is 6.04. The monoisotopic (exact) mass is 534 g/mol. The van der Waals surface area contributed by atoms with Crippen LogP contribution < -0.4 is 5.32 Å². The van der Waals surface area contributed by atoms with Crippen LogP contribution in [0.1, 0.15) is 17.8 Å². The van der Waals surface area contributed by atoms with Crippen molar-refractivity contribution in [3.8, 4) is 0 Å². The molecule has 1 fully saturated rings. The van der Waals surface area contributed by atoms with Crippen LogP contribution in [0.15, 0.2) is 16.4 Å². The van der Waals surface area contributed by atoms with Crippen molar-refractivity contribution in [2.75, 3.05) is 11.5 Å². The Morgan fingerprint density at radius 2 is 2.15 bits per heavy atom. The second-order valence-electron chi connectivity index (χ2n) is 7.33. The molecule has 2 N–H and O–H groups in total. The Labute approximate surface area is 204 Å². The fraction of sp³-hybridized carbons (Fsp3) is 0.471. The smallest absolute Gasteiger partial charge is 0.352 e. The lowest BCUT2D eigenvalue weighted by Crippen LogP contribution is -2.70. The highest BCUT2D eigenvalue weighted by Crippen LogP contribution is 2.41. The summed E-state index contributed by atoms with van der Waals surface area (Å²) >= 11 is 8.40. The van der Waals surface area contributed by atoms with Crippen molar-refractivity contribution in [1.82, 2.24) is 40.2 Å². The molecule has 12 nitrogen and oxygen atoms in total. The highest BCUT2D eigenvalue weighted by atomic mass is 35.5. The number of rotatable bonds is 8. The summed E-state index contributed by atoms with van der Waals surface area (Å²) in [7, 11) is 1.65. The van der Waals surface area contributed by atoms with E-state index in [4.69, 9.17) is 11.6 Å². The lowest BCUT2D eigenvalue weighted by molar-refractivity contribution is -0.150. The average Bonchev–Trinajstić information content (AvgIpc) is 3.32. The molecule has 4 rings (SSSR count). The van der Waals surface area contributed by atoms with Crippen molar-refractivity contribution in [3.05, 3.63) is 27.7 Å². The molecule has 182 valence electrons. The zero-order valence-corrected chi connectivity index (χ0v) is 20.0. The van der Waals surface area contributed by atoms with Crippen LogP contribution >= 0.6 is 35.1 Å². The first-order chi connectivity index (χ1) is 16.1. The molecule has 2 atom stereocenters. The number of hydrogen-bond acceptors (Lipinski definition) is 9. The van der Waals surface area contributed by atoms with Gasteiger partial charge in [-0.3, -0.25) is 19.2 Å². The SMILES string of the molecule is Cc1c(Cl)c(C(F)F)nn1CC(=O)N[C@@H]1C(=O)N2C(C(=O)O)=C(CSc3nnnn3C)CS[C@@H]12. The Morgan fingerprint density at radius 1 is 1.41 bits per heavy atom. The number of amides is 2. The number of nitrogens with one attached hydrogen (secondary N) is 1. The first-order valence-electron chi connectivity index (χ1n) is 9.65. The topological polar surface area (TPSA) is 148 Å². The Hall–Kier alpha value is -2.72. The largest absolute Gasteiger partial charge is 0.477 e. The molecule has 0 radical (unpaired) electrons. The average molecular weight is 535 g/mol. The van der Waals surface area contributed by atoms with Crippen LogP contribution in [0, 0.1) is 6.92 Å². The van der Waals surface area contributed by atoms with Gasteiger partial charge in [0.25, 0.3) is 12.3 Å². The van der Waals surface area contributed by atoms with Crippen LogP contribution in [-0.2, 0) is 28.0 Å². The number of β-lactam (4-membered cyclic amide) rings is 1. The van der Waals surface area contributed by atoms with Gasteiger partial charge in [-0.2, -0.15) is 5.10 Å².